The minimum Gasteiger partial charge on any atom is -0.417 e. The van der Waals surface area contributed by atoms with Crippen molar-refractivity contribution in [1.82, 2.24) is 0 Å². The van der Waals surface area contributed by atoms with Gasteiger partial charge in [0.2, 0.25) is 0 Å². The molecular formula is C17H16NO2+. The van der Waals surface area contributed by atoms with E-state index in [4.69, 9.17) is 9.84 Å². The summed E-state index contributed by atoms with van der Waals surface area (Å²) in [5.41, 5.74) is 1.19. The number of benzene rings is 2. The van der Waals surface area contributed by atoms with Gasteiger partial charge in [0.15, 0.2) is 19.5 Å². The molecule has 1 N–H and O–H groups in total. The Bertz CT molecular complexity index is 711. The van der Waals surface area contributed by atoms with Crippen molar-refractivity contribution in [1.29, 1.82) is 0 Å². The van der Waals surface area contributed by atoms with E-state index in [9.17, 15) is 0 Å². The van der Waals surface area contributed by atoms with E-state index in [1.807, 2.05) is 53.2 Å². The van der Waals surface area contributed by atoms with Crippen LogP contribution in [-0.2, 0) is 6.54 Å². The van der Waals surface area contributed by atoms with Gasteiger partial charge in [0, 0.05) is 11.6 Å². The lowest BCUT2D eigenvalue weighted by Gasteiger charge is -2.07. The SMILES string of the molecule is OCOc1c2ccccc2cc[n+]1Cc1ccccc1. The van der Waals surface area contributed by atoms with Gasteiger partial charge in [0.25, 0.3) is 0 Å². The lowest BCUT2D eigenvalue weighted by Crippen LogP contribution is -2.36. The minimum atomic E-state index is -0.331. The third kappa shape index (κ3) is 2.49. The van der Waals surface area contributed by atoms with Crippen LogP contribution in [0.2, 0.25) is 0 Å². The monoisotopic (exact) mass is 266 g/mol. The summed E-state index contributed by atoms with van der Waals surface area (Å²) in [5.74, 6) is 0.689. The molecule has 0 saturated carbocycles. The molecule has 0 bridgehead atoms. The second kappa shape index (κ2) is 5.72. The Morgan fingerprint density at radius 1 is 0.900 bits per heavy atom. The van der Waals surface area contributed by atoms with Gasteiger partial charge in [-0.3, -0.25) is 0 Å². The Morgan fingerprint density at radius 3 is 2.45 bits per heavy atom. The molecule has 3 nitrogen and oxygen atoms in total. The van der Waals surface area contributed by atoms with E-state index in [1.54, 1.807) is 0 Å². The molecule has 0 amide bonds. The van der Waals surface area contributed by atoms with Crippen LogP contribution in [0.5, 0.6) is 5.88 Å². The second-order valence-corrected chi connectivity index (χ2v) is 4.60. The molecule has 0 atom stereocenters. The summed E-state index contributed by atoms with van der Waals surface area (Å²) in [4.78, 5) is 0. The Hall–Kier alpha value is -2.39. The number of aliphatic hydroxyl groups is 1. The van der Waals surface area contributed by atoms with Crippen LogP contribution in [0.15, 0.2) is 66.9 Å². The first-order valence-corrected chi connectivity index (χ1v) is 6.57. The molecule has 3 rings (SSSR count). The lowest BCUT2D eigenvalue weighted by molar-refractivity contribution is -0.692. The van der Waals surface area contributed by atoms with Crippen LogP contribution in [0.25, 0.3) is 10.8 Å². The highest BCUT2D eigenvalue weighted by molar-refractivity contribution is 5.85. The van der Waals surface area contributed by atoms with Crippen LogP contribution in [-0.4, -0.2) is 11.9 Å². The number of fused-ring (bicyclic) bond motifs is 1. The van der Waals surface area contributed by atoms with Gasteiger partial charge in [-0.25, -0.2) is 0 Å². The minimum absolute atomic E-state index is 0.331. The zero-order valence-electron chi connectivity index (χ0n) is 11.1. The van der Waals surface area contributed by atoms with E-state index in [1.165, 1.54) is 5.56 Å². The second-order valence-electron chi connectivity index (χ2n) is 4.60. The molecule has 1 aromatic heterocycles. The van der Waals surface area contributed by atoms with Crippen molar-refractivity contribution in [2.75, 3.05) is 6.79 Å². The quantitative estimate of drug-likeness (QED) is 0.581. The Morgan fingerprint density at radius 2 is 1.65 bits per heavy atom. The van der Waals surface area contributed by atoms with Gasteiger partial charge in [-0.05, 0) is 11.5 Å². The number of aliphatic hydroxyl groups excluding tert-OH is 1. The first-order valence-electron chi connectivity index (χ1n) is 6.57. The maximum atomic E-state index is 9.13. The van der Waals surface area contributed by atoms with Crippen LogP contribution in [0, 0.1) is 0 Å². The molecule has 0 fully saturated rings. The van der Waals surface area contributed by atoms with Crippen molar-refractivity contribution in [3.8, 4) is 5.88 Å². The molecule has 3 aromatic rings. The predicted molar refractivity (Wildman–Crippen MR) is 77.4 cm³/mol. The molecule has 100 valence electrons. The van der Waals surface area contributed by atoms with E-state index in [0.29, 0.717) is 12.4 Å². The van der Waals surface area contributed by atoms with Gasteiger partial charge >= 0.3 is 5.88 Å². The van der Waals surface area contributed by atoms with Gasteiger partial charge < -0.3 is 9.84 Å². The molecular weight excluding hydrogens is 250 g/mol. The summed E-state index contributed by atoms with van der Waals surface area (Å²) >= 11 is 0. The summed E-state index contributed by atoms with van der Waals surface area (Å²) in [7, 11) is 0. The predicted octanol–water partition coefficient (Wildman–Crippen LogP) is 2.50. The lowest BCUT2D eigenvalue weighted by atomic mass is 10.1. The fourth-order valence-corrected chi connectivity index (χ4v) is 2.36. The van der Waals surface area contributed by atoms with Crippen molar-refractivity contribution >= 4 is 10.8 Å². The molecule has 0 aliphatic carbocycles. The Kier molecular flexibility index (Phi) is 3.61. The number of ether oxygens (including phenoxy) is 1. The van der Waals surface area contributed by atoms with Gasteiger partial charge in [-0.15, -0.1) is 0 Å². The summed E-state index contributed by atoms with van der Waals surface area (Å²) in [6, 6.07) is 20.2. The Balaban J connectivity index is 2.08. The number of hydrogen-bond donors (Lipinski definition) is 1. The summed E-state index contributed by atoms with van der Waals surface area (Å²) in [6.07, 6.45) is 1.99. The maximum Gasteiger partial charge on any atom is 0.378 e. The first kappa shape index (κ1) is 12.6. The third-order valence-corrected chi connectivity index (χ3v) is 3.28. The highest BCUT2D eigenvalue weighted by atomic mass is 16.6. The average Bonchev–Trinajstić information content (AvgIpc) is 2.51. The standard InChI is InChI=1S/C17H16NO2/c19-13-20-17-16-9-5-4-8-15(16)10-11-18(17)12-14-6-2-1-3-7-14/h1-11,19H,12-13H2/q+1. The van der Waals surface area contributed by atoms with Crippen molar-refractivity contribution in [2.45, 2.75) is 6.54 Å². The number of nitrogens with zero attached hydrogens (tertiary/aromatic N) is 1. The topological polar surface area (TPSA) is 33.3 Å². The van der Waals surface area contributed by atoms with Crippen molar-refractivity contribution in [3.05, 3.63) is 72.4 Å². The molecule has 3 heteroatoms. The number of rotatable bonds is 4. The number of aromatic nitrogens is 1. The summed E-state index contributed by atoms with van der Waals surface area (Å²) in [6.45, 7) is 0.379. The molecule has 0 spiro atoms. The van der Waals surface area contributed by atoms with Crippen LogP contribution in [0.1, 0.15) is 5.56 Å². The molecule has 20 heavy (non-hydrogen) atoms. The van der Waals surface area contributed by atoms with E-state index >= 15 is 0 Å². The van der Waals surface area contributed by atoms with Gasteiger partial charge in [-0.2, -0.15) is 4.57 Å². The molecule has 0 saturated heterocycles. The molecule has 1 heterocycles. The molecule has 0 unspecified atom stereocenters. The van der Waals surface area contributed by atoms with Gasteiger partial charge in [0.1, 0.15) is 0 Å². The van der Waals surface area contributed by atoms with Crippen LogP contribution in [0.4, 0.5) is 0 Å². The first-order chi connectivity index (χ1) is 9.88. The summed E-state index contributed by atoms with van der Waals surface area (Å²) in [5, 5.41) is 11.2. The van der Waals surface area contributed by atoms with E-state index in [-0.39, 0.29) is 6.79 Å². The molecule has 0 aliphatic heterocycles. The number of hydrogen-bond acceptors (Lipinski definition) is 2. The maximum absolute atomic E-state index is 9.13. The zero-order chi connectivity index (χ0) is 13.8. The normalized spacial score (nSPS) is 10.7. The van der Waals surface area contributed by atoms with Crippen LogP contribution in [0.3, 0.4) is 0 Å². The van der Waals surface area contributed by atoms with Crippen molar-refractivity contribution in [3.63, 3.8) is 0 Å². The molecule has 2 aromatic carbocycles. The fraction of sp³-hybridized carbons (Fsp3) is 0.118. The largest absolute Gasteiger partial charge is 0.417 e. The van der Waals surface area contributed by atoms with Crippen molar-refractivity contribution in [2.24, 2.45) is 0 Å². The molecule has 0 aliphatic rings. The highest BCUT2D eigenvalue weighted by Gasteiger charge is 2.16. The van der Waals surface area contributed by atoms with Gasteiger partial charge in [0.05, 0.1) is 5.39 Å². The smallest absolute Gasteiger partial charge is 0.378 e. The van der Waals surface area contributed by atoms with Crippen LogP contribution >= 0.6 is 0 Å². The molecule has 0 radical (unpaired) electrons. The highest BCUT2D eigenvalue weighted by Crippen LogP contribution is 2.21. The summed E-state index contributed by atoms with van der Waals surface area (Å²) < 4.78 is 7.45. The van der Waals surface area contributed by atoms with Crippen molar-refractivity contribution < 1.29 is 14.4 Å². The van der Waals surface area contributed by atoms with E-state index in [0.717, 1.165) is 10.8 Å². The fourth-order valence-electron chi connectivity index (χ4n) is 2.36. The third-order valence-electron chi connectivity index (χ3n) is 3.28. The number of pyridine rings is 1. The van der Waals surface area contributed by atoms with Gasteiger partial charge in [-0.1, -0.05) is 48.5 Å². The van der Waals surface area contributed by atoms with Crippen LogP contribution < -0.4 is 9.30 Å². The van der Waals surface area contributed by atoms with E-state index < -0.39 is 0 Å². The van der Waals surface area contributed by atoms with E-state index in [2.05, 4.69) is 18.2 Å². The Labute approximate surface area is 117 Å². The zero-order valence-corrected chi connectivity index (χ0v) is 11.1. The average molecular weight is 266 g/mol.